The first-order valence-electron chi connectivity index (χ1n) is 14.3. The first kappa shape index (κ1) is 29.1. The highest BCUT2D eigenvalue weighted by atomic mass is 32.1. The highest BCUT2D eigenvalue weighted by molar-refractivity contribution is 7.22. The standard InChI is InChI=1S/C32H24F2N8O3S/c1-18(42-30(43)21-6-2-3-7-22(21)31(42)44)17-45-25-16-36-27(34)14-23(25)20-8-4-5-19-13-26(46-29(19)20)28-24(33)15-37-32(39-28)35-9-11-41-12-10-38-40-41/h2-8,10,12-16,18H,9,11,17H2,1H3,(H,35,37,39)/t18-/m0/s1. The topological polar surface area (TPSA) is 128 Å². The Morgan fingerprint density at radius 3 is 2.50 bits per heavy atom. The summed E-state index contributed by atoms with van der Waals surface area (Å²) in [5.74, 6) is -1.57. The van der Waals surface area contributed by atoms with Crippen molar-refractivity contribution in [2.24, 2.45) is 0 Å². The van der Waals surface area contributed by atoms with E-state index in [4.69, 9.17) is 4.74 Å². The van der Waals surface area contributed by atoms with Gasteiger partial charge in [-0.15, -0.1) is 16.4 Å². The van der Waals surface area contributed by atoms with E-state index in [1.165, 1.54) is 28.5 Å². The maximum atomic E-state index is 15.0. The number of carbonyl (C=O) groups is 2. The van der Waals surface area contributed by atoms with E-state index in [1.807, 2.05) is 24.3 Å². The third kappa shape index (κ3) is 5.43. The number of nitrogens with zero attached hydrogens (tertiary/aromatic N) is 7. The number of benzene rings is 2. The van der Waals surface area contributed by atoms with Crippen LogP contribution in [0.2, 0.25) is 0 Å². The second-order valence-electron chi connectivity index (χ2n) is 10.5. The molecule has 2 amide bonds. The van der Waals surface area contributed by atoms with Crippen molar-refractivity contribution in [1.29, 1.82) is 0 Å². The number of aromatic nitrogens is 6. The van der Waals surface area contributed by atoms with Gasteiger partial charge in [0.1, 0.15) is 18.1 Å². The molecule has 2 aromatic carbocycles. The zero-order chi connectivity index (χ0) is 31.8. The number of hydrogen-bond donors (Lipinski definition) is 1. The zero-order valence-electron chi connectivity index (χ0n) is 24.2. The first-order valence-corrected chi connectivity index (χ1v) is 15.1. The fourth-order valence-electron chi connectivity index (χ4n) is 5.29. The van der Waals surface area contributed by atoms with Gasteiger partial charge in [-0.05, 0) is 30.5 Å². The first-order chi connectivity index (χ1) is 22.4. The lowest BCUT2D eigenvalue weighted by molar-refractivity contribution is 0.0551. The van der Waals surface area contributed by atoms with Gasteiger partial charge in [-0.25, -0.2) is 19.3 Å². The largest absolute Gasteiger partial charge is 0.489 e. The summed E-state index contributed by atoms with van der Waals surface area (Å²) in [6, 6.07) is 14.6. The van der Waals surface area contributed by atoms with E-state index in [1.54, 1.807) is 48.3 Å². The summed E-state index contributed by atoms with van der Waals surface area (Å²) in [7, 11) is 0. The van der Waals surface area contributed by atoms with Crippen molar-refractivity contribution in [3.05, 3.63) is 102 Å². The Hall–Kier alpha value is -5.63. The number of anilines is 1. The van der Waals surface area contributed by atoms with Crippen LogP contribution in [0.5, 0.6) is 5.75 Å². The van der Waals surface area contributed by atoms with E-state index in [9.17, 15) is 14.0 Å². The molecule has 1 N–H and O–H groups in total. The highest BCUT2D eigenvalue weighted by Crippen LogP contribution is 2.42. The number of carbonyl (C=O) groups excluding carboxylic acids is 2. The van der Waals surface area contributed by atoms with Crippen LogP contribution >= 0.6 is 11.3 Å². The quantitative estimate of drug-likeness (QED) is 0.154. The van der Waals surface area contributed by atoms with Gasteiger partial charge in [0.05, 0.1) is 47.2 Å². The number of rotatable bonds is 10. The number of hydrogen-bond acceptors (Lipinski definition) is 10. The molecule has 0 unspecified atom stereocenters. The molecule has 4 aromatic heterocycles. The molecule has 1 aliphatic rings. The number of imide groups is 1. The minimum atomic E-state index is -0.715. The van der Waals surface area contributed by atoms with Crippen molar-refractivity contribution < 1.29 is 23.1 Å². The Bertz CT molecular complexity index is 2070. The van der Waals surface area contributed by atoms with Crippen molar-refractivity contribution in [1.82, 2.24) is 34.8 Å². The summed E-state index contributed by atoms with van der Waals surface area (Å²) < 4.78 is 38.1. The third-order valence-electron chi connectivity index (χ3n) is 7.49. The van der Waals surface area contributed by atoms with Gasteiger partial charge in [0.25, 0.3) is 11.8 Å². The summed E-state index contributed by atoms with van der Waals surface area (Å²) >= 11 is 1.29. The molecule has 1 atom stereocenters. The Kier molecular flexibility index (Phi) is 7.62. The molecule has 0 bridgehead atoms. The van der Waals surface area contributed by atoms with E-state index < -0.39 is 29.6 Å². The van der Waals surface area contributed by atoms with Crippen LogP contribution in [0.3, 0.4) is 0 Å². The SMILES string of the molecule is C[C@@H](COc1cnc(F)cc1-c1cccc2cc(-c3nc(NCCn4ccnn4)ncc3F)sc12)N1C(=O)c2ccccc2C1=O. The maximum absolute atomic E-state index is 15.0. The van der Waals surface area contributed by atoms with Gasteiger partial charge in [0.2, 0.25) is 11.9 Å². The van der Waals surface area contributed by atoms with Gasteiger partial charge in [0, 0.05) is 34.6 Å². The molecule has 1 aliphatic heterocycles. The van der Waals surface area contributed by atoms with Gasteiger partial charge < -0.3 is 10.1 Å². The van der Waals surface area contributed by atoms with Gasteiger partial charge in [-0.2, -0.15) is 4.39 Å². The summed E-state index contributed by atoms with van der Waals surface area (Å²) in [6.07, 6.45) is 5.70. The summed E-state index contributed by atoms with van der Waals surface area (Å²) in [4.78, 5) is 39.9. The van der Waals surface area contributed by atoms with Crippen LogP contribution in [0.15, 0.2) is 79.4 Å². The van der Waals surface area contributed by atoms with E-state index in [-0.39, 0.29) is 24.0 Å². The zero-order valence-corrected chi connectivity index (χ0v) is 25.0. The Balaban J connectivity index is 1.15. The predicted molar refractivity (Wildman–Crippen MR) is 166 cm³/mol. The number of halogens is 2. The van der Waals surface area contributed by atoms with Crippen LogP contribution in [0.25, 0.3) is 31.8 Å². The molecule has 0 radical (unpaired) electrons. The van der Waals surface area contributed by atoms with E-state index in [0.29, 0.717) is 40.2 Å². The highest BCUT2D eigenvalue weighted by Gasteiger charge is 2.38. The molecule has 11 nitrogen and oxygen atoms in total. The normalized spacial score (nSPS) is 13.3. The summed E-state index contributed by atoms with van der Waals surface area (Å²) in [5.41, 5.74) is 1.87. The van der Waals surface area contributed by atoms with Crippen molar-refractivity contribution in [2.45, 2.75) is 19.5 Å². The van der Waals surface area contributed by atoms with Gasteiger partial charge in [-0.3, -0.25) is 19.2 Å². The molecule has 0 fully saturated rings. The lowest BCUT2D eigenvalue weighted by Gasteiger charge is -2.23. The fraction of sp³-hybridized carbons (Fsp3) is 0.156. The predicted octanol–water partition coefficient (Wildman–Crippen LogP) is 5.47. The van der Waals surface area contributed by atoms with Crippen LogP contribution in [-0.2, 0) is 6.54 Å². The molecule has 0 saturated heterocycles. The van der Waals surface area contributed by atoms with E-state index in [2.05, 4.69) is 30.6 Å². The Labute approximate surface area is 264 Å². The lowest BCUT2D eigenvalue weighted by atomic mass is 10.0. The van der Waals surface area contributed by atoms with Crippen molar-refractivity contribution in [3.8, 4) is 27.4 Å². The van der Waals surface area contributed by atoms with Crippen molar-refractivity contribution in [2.75, 3.05) is 18.5 Å². The molecule has 230 valence electrons. The molecule has 46 heavy (non-hydrogen) atoms. The third-order valence-corrected chi connectivity index (χ3v) is 8.68. The molecule has 7 rings (SSSR count). The minimum Gasteiger partial charge on any atom is -0.489 e. The van der Waals surface area contributed by atoms with Crippen LogP contribution in [0, 0.1) is 11.8 Å². The molecule has 0 spiro atoms. The minimum absolute atomic E-state index is 0.0454. The number of pyridine rings is 1. The Morgan fingerprint density at radius 2 is 1.74 bits per heavy atom. The van der Waals surface area contributed by atoms with Crippen molar-refractivity contribution >= 4 is 39.2 Å². The van der Waals surface area contributed by atoms with E-state index >= 15 is 4.39 Å². The second kappa shape index (κ2) is 12.0. The number of ether oxygens (including phenoxy) is 1. The number of amides is 2. The Morgan fingerprint density at radius 1 is 0.957 bits per heavy atom. The summed E-state index contributed by atoms with van der Waals surface area (Å²) in [5, 5.41) is 11.5. The lowest BCUT2D eigenvalue weighted by Crippen LogP contribution is -2.41. The maximum Gasteiger partial charge on any atom is 0.261 e. The summed E-state index contributed by atoms with van der Waals surface area (Å²) in [6.45, 7) is 2.63. The van der Waals surface area contributed by atoms with Crippen LogP contribution in [0.4, 0.5) is 14.7 Å². The average molecular weight is 639 g/mol. The number of nitrogens with one attached hydrogen (secondary N) is 1. The van der Waals surface area contributed by atoms with Gasteiger partial charge in [-0.1, -0.05) is 35.5 Å². The van der Waals surface area contributed by atoms with Gasteiger partial charge >= 0.3 is 0 Å². The van der Waals surface area contributed by atoms with Crippen LogP contribution in [-0.4, -0.2) is 65.9 Å². The molecule has 6 aromatic rings. The van der Waals surface area contributed by atoms with E-state index in [0.717, 1.165) is 16.3 Å². The molecule has 14 heteroatoms. The molecule has 0 aliphatic carbocycles. The fourth-order valence-corrected chi connectivity index (χ4v) is 6.47. The smallest absolute Gasteiger partial charge is 0.261 e. The number of thiophene rings is 1. The molecular formula is C32H24F2N8O3S. The molecule has 0 saturated carbocycles. The van der Waals surface area contributed by atoms with Gasteiger partial charge in [0.15, 0.2) is 5.82 Å². The molecular weight excluding hydrogens is 614 g/mol. The van der Waals surface area contributed by atoms with Crippen LogP contribution < -0.4 is 10.1 Å². The number of fused-ring (bicyclic) bond motifs is 2. The average Bonchev–Trinajstić information content (AvgIpc) is 3.80. The second-order valence-corrected chi connectivity index (χ2v) is 11.6. The molecule has 5 heterocycles. The van der Waals surface area contributed by atoms with Crippen molar-refractivity contribution in [3.63, 3.8) is 0 Å². The monoisotopic (exact) mass is 638 g/mol. The van der Waals surface area contributed by atoms with Crippen LogP contribution in [0.1, 0.15) is 27.6 Å².